The molecule has 2 aromatic carbocycles. The molecular weight excluding hydrogens is 475 g/mol. The summed E-state index contributed by atoms with van der Waals surface area (Å²) >= 11 is 0. The number of carbonyl (C=O) groups is 1. The molecule has 0 bridgehead atoms. The number of hydrogen-bond acceptors (Lipinski definition) is 6. The Hall–Kier alpha value is -3.75. The third-order valence-corrected chi connectivity index (χ3v) is 5.91. The smallest absolute Gasteiger partial charge is 0.493 e. The van der Waals surface area contributed by atoms with Gasteiger partial charge in [0.25, 0.3) is 0 Å². The summed E-state index contributed by atoms with van der Waals surface area (Å²) in [5.74, 6) is 1.20. The molecule has 0 N–H and O–H groups in total. The van der Waals surface area contributed by atoms with E-state index in [0.29, 0.717) is 48.8 Å². The molecule has 3 aromatic rings. The molecule has 6 nitrogen and oxygen atoms in total. The Balaban J connectivity index is 1.39. The zero-order valence-electron chi connectivity index (χ0n) is 20.0. The number of rotatable bonds is 9. The highest BCUT2D eigenvalue weighted by Crippen LogP contribution is 2.35. The molecule has 0 spiro atoms. The number of aryl methyl sites for hydroxylation is 1. The molecule has 36 heavy (non-hydrogen) atoms. The van der Waals surface area contributed by atoms with Crippen LogP contribution in [0.1, 0.15) is 41.8 Å². The molecule has 0 aliphatic heterocycles. The number of methoxy groups -OCH3 is 1. The Kier molecular flexibility index (Phi) is 7.67. The van der Waals surface area contributed by atoms with E-state index in [4.69, 9.17) is 13.9 Å². The summed E-state index contributed by atoms with van der Waals surface area (Å²) in [6, 6.07) is 11.3. The predicted octanol–water partition coefficient (Wildman–Crippen LogP) is 6.45. The van der Waals surface area contributed by atoms with Gasteiger partial charge in [-0.15, -0.1) is 13.2 Å². The molecule has 0 radical (unpaired) electrons. The van der Waals surface area contributed by atoms with Crippen LogP contribution in [0, 0.1) is 6.92 Å². The largest absolute Gasteiger partial charge is 0.573 e. The molecule has 0 fully saturated rings. The Morgan fingerprint density at radius 3 is 2.61 bits per heavy atom. The van der Waals surface area contributed by atoms with E-state index in [-0.39, 0.29) is 11.7 Å². The molecule has 9 heteroatoms. The molecule has 0 saturated heterocycles. The molecular formula is C27H26F3NO5. The number of allylic oxidation sites excluding steroid dienone is 2. The molecule has 190 valence electrons. The third-order valence-electron chi connectivity index (χ3n) is 5.91. The highest BCUT2D eigenvalue weighted by Gasteiger charge is 2.31. The van der Waals surface area contributed by atoms with Crippen molar-refractivity contribution in [2.45, 2.75) is 45.4 Å². The lowest BCUT2D eigenvalue weighted by Gasteiger charge is -2.21. The van der Waals surface area contributed by atoms with Gasteiger partial charge in [0, 0.05) is 24.0 Å². The van der Waals surface area contributed by atoms with Gasteiger partial charge in [0.1, 0.15) is 17.3 Å². The minimum absolute atomic E-state index is 0.233. The van der Waals surface area contributed by atoms with Gasteiger partial charge in [-0.25, -0.2) is 4.98 Å². The second-order valence-electron chi connectivity index (χ2n) is 8.32. The summed E-state index contributed by atoms with van der Waals surface area (Å²) in [6.07, 6.45) is 0.604. The van der Waals surface area contributed by atoms with E-state index in [2.05, 4.69) is 15.8 Å². The van der Waals surface area contributed by atoms with Crippen LogP contribution < -0.4 is 9.47 Å². The van der Waals surface area contributed by atoms with Crippen LogP contribution in [0.3, 0.4) is 0 Å². The van der Waals surface area contributed by atoms with Crippen LogP contribution in [0.25, 0.3) is 17.0 Å². The molecule has 1 aliphatic rings. The quantitative estimate of drug-likeness (QED) is 0.314. The molecule has 4 rings (SSSR count). The van der Waals surface area contributed by atoms with Crippen molar-refractivity contribution in [3.8, 4) is 23.0 Å². The van der Waals surface area contributed by atoms with Gasteiger partial charge in [-0.1, -0.05) is 18.2 Å². The van der Waals surface area contributed by atoms with Gasteiger partial charge < -0.3 is 18.6 Å². The highest BCUT2D eigenvalue weighted by molar-refractivity contribution is 5.77. The number of halogens is 3. The second kappa shape index (κ2) is 10.9. The minimum atomic E-state index is -4.74. The highest BCUT2D eigenvalue weighted by atomic mass is 19.4. The molecule has 1 heterocycles. The lowest BCUT2D eigenvalue weighted by Crippen LogP contribution is -2.16. The van der Waals surface area contributed by atoms with Gasteiger partial charge in [-0.2, -0.15) is 0 Å². The van der Waals surface area contributed by atoms with E-state index in [9.17, 15) is 18.0 Å². The first-order valence-corrected chi connectivity index (χ1v) is 11.6. The van der Waals surface area contributed by atoms with Crippen LogP contribution >= 0.6 is 0 Å². The Morgan fingerprint density at radius 2 is 1.89 bits per heavy atom. The third kappa shape index (κ3) is 6.27. The van der Waals surface area contributed by atoms with E-state index < -0.39 is 6.36 Å². The van der Waals surface area contributed by atoms with Crippen molar-refractivity contribution in [1.82, 2.24) is 4.98 Å². The van der Waals surface area contributed by atoms with Crippen molar-refractivity contribution in [2.75, 3.05) is 13.7 Å². The van der Waals surface area contributed by atoms with E-state index in [1.165, 1.54) is 31.4 Å². The van der Waals surface area contributed by atoms with Crippen LogP contribution in [0.4, 0.5) is 13.2 Å². The fourth-order valence-electron chi connectivity index (χ4n) is 4.18. The first-order valence-electron chi connectivity index (χ1n) is 11.6. The maximum Gasteiger partial charge on any atom is 0.573 e. The van der Waals surface area contributed by atoms with E-state index >= 15 is 0 Å². The van der Waals surface area contributed by atoms with Crippen LogP contribution in [-0.4, -0.2) is 31.0 Å². The van der Waals surface area contributed by atoms with E-state index in [0.717, 1.165) is 35.3 Å². The fourth-order valence-corrected chi connectivity index (χ4v) is 4.18. The summed E-state index contributed by atoms with van der Waals surface area (Å²) in [4.78, 5) is 16.1. The molecule has 0 unspecified atom stereocenters. The standard InChI is InChI=1S/C27H26F3NO5/c1-17-23(31-26(35-17)19-9-12-20(13-10-19)36-27(28,29)30)15-16-34-24-8-4-6-21-18(5-3-7-22(21)24)11-14-25(32)33-2/h4-6,8-10,12-13H,3,7,11,14-16H2,1-2H3. The van der Waals surface area contributed by atoms with Crippen molar-refractivity contribution in [1.29, 1.82) is 0 Å². The van der Waals surface area contributed by atoms with E-state index in [1.807, 2.05) is 18.2 Å². The lowest BCUT2D eigenvalue weighted by molar-refractivity contribution is -0.274. The second-order valence-corrected chi connectivity index (χ2v) is 8.32. The number of nitrogens with zero attached hydrogens (tertiary/aromatic N) is 1. The summed E-state index contributed by atoms with van der Waals surface area (Å²) in [5.41, 5.74) is 4.60. The number of benzene rings is 2. The van der Waals surface area contributed by atoms with Gasteiger partial charge in [0.15, 0.2) is 0 Å². The van der Waals surface area contributed by atoms with Crippen molar-refractivity contribution in [3.05, 3.63) is 71.1 Å². The van der Waals surface area contributed by atoms with Crippen molar-refractivity contribution in [2.24, 2.45) is 0 Å². The Bertz CT molecular complexity index is 1250. The summed E-state index contributed by atoms with van der Waals surface area (Å²) < 4.78 is 57.6. The monoisotopic (exact) mass is 501 g/mol. The number of ether oxygens (including phenoxy) is 3. The summed E-state index contributed by atoms with van der Waals surface area (Å²) in [7, 11) is 1.39. The number of carbonyl (C=O) groups excluding carboxylic acids is 1. The SMILES string of the molecule is COC(=O)CCC1=CCCc2c(OCCc3nc(-c4ccc(OC(F)(F)F)cc4)oc3C)cccc21. The Labute approximate surface area is 206 Å². The maximum absolute atomic E-state index is 12.4. The van der Waals surface area contributed by atoms with Gasteiger partial charge in [0.2, 0.25) is 5.89 Å². The number of esters is 1. The minimum Gasteiger partial charge on any atom is -0.493 e. The van der Waals surface area contributed by atoms with Crippen LogP contribution in [0.15, 0.2) is 53.0 Å². The topological polar surface area (TPSA) is 70.8 Å². The van der Waals surface area contributed by atoms with Gasteiger partial charge in [-0.3, -0.25) is 4.79 Å². The molecule has 0 amide bonds. The van der Waals surface area contributed by atoms with Crippen LogP contribution in [-0.2, 0) is 22.4 Å². The normalized spacial score (nSPS) is 13.1. The first kappa shape index (κ1) is 25.3. The first-order chi connectivity index (χ1) is 17.2. The average molecular weight is 502 g/mol. The number of alkyl halides is 3. The van der Waals surface area contributed by atoms with E-state index in [1.54, 1.807) is 6.92 Å². The summed E-state index contributed by atoms with van der Waals surface area (Å²) in [5, 5.41) is 0. The molecule has 0 saturated carbocycles. The average Bonchev–Trinajstić information content (AvgIpc) is 3.22. The van der Waals surface area contributed by atoms with Crippen molar-refractivity contribution in [3.63, 3.8) is 0 Å². The number of fused-ring (bicyclic) bond motifs is 1. The zero-order chi connectivity index (χ0) is 25.7. The van der Waals surface area contributed by atoms with Crippen molar-refractivity contribution < 1.29 is 36.6 Å². The molecule has 1 aliphatic carbocycles. The van der Waals surface area contributed by atoms with Crippen molar-refractivity contribution >= 4 is 11.5 Å². The predicted molar refractivity (Wildman–Crippen MR) is 127 cm³/mol. The molecule has 0 atom stereocenters. The van der Waals surface area contributed by atoms with Gasteiger partial charge >= 0.3 is 12.3 Å². The van der Waals surface area contributed by atoms with Crippen LogP contribution in [0.2, 0.25) is 0 Å². The maximum atomic E-state index is 12.4. The number of oxazole rings is 1. The lowest BCUT2D eigenvalue weighted by atomic mass is 9.88. The Morgan fingerprint density at radius 1 is 1.11 bits per heavy atom. The number of hydrogen-bond donors (Lipinski definition) is 0. The number of aromatic nitrogens is 1. The fraction of sp³-hybridized carbons (Fsp3) is 0.333. The zero-order valence-corrected chi connectivity index (χ0v) is 20.0. The van der Waals surface area contributed by atoms with Gasteiger partial charge in [0.05, 0.1) is 19.4 Å². The molecule has 1 aromatic heterocycles. The summed E-state index contributed by atoms with van der Waals surface area (Å²) in [6.45, 7) is 2.17. The van der Waals surface area contributed by atoms with Crippen LogP contribution in [0.5, 0.6) is 11.5 Å². The van der Waals surface area contributed by atoms with Gasteiger partial charge in [-0.05, 0) is 67.7 Å².